The van der Waals surface area contributed by atoms with E-state index in [-0.39, 0.29) is 0 Å². The number of para-hydroxylation sites is 1. The second-order valence-electron chi connectivity index (χ2n) is 7.57. The SMILES string of the molecule is CC(=Nc1c(C(C)C)cccc1C(C)C)c1cccc(-c2ccccc2)n1. The summed E-state index contributed by atoms with van der Waals surface area (Å²) >= 11 is 0. The first-order valence-electron chi connectivity index (χ1n) is 9.68. The molecule has 0 aliphatic rings. The Kier molecular flexibility index (Phi) is 5.85. The number of rotatable bonds is 5. The minimum Gasteiger partial charge on any atom is -0.251 e. The molecule has 2 aromatic carbocycles. The first-order chi connectivity index (χ1) is 13.0. The average Bonchev–Trinajstić information content (AvgIpc) is 2.68. The lowest BCUT2D eigenvalue weighted by Crippen LogP contribution is -2.02. The Labute approximate surface area is 163 Å². The number of hydrogen-bond donors (Lipinski definition) is 0. The van der Waals surface area contributed by atoms with Gasteiger partial charge in [-0.05, 0) is 42.0 Å². The number of nitrogens with zero attached hydrogens (tertiary/aromatic N) is 2. The highest BCUT2D eigenvalue weighted by Gasteiger charge is 2.14. The second-order valence-corrected chi connectivity index (χ2v) is 7.57. The first kappa shape index (κ1) is 19.0. The molecule has 0 spiro atoms. The van der Waals surface area contributed by atoms with E-state index in [2.05, 4.69) is 71.0 Å². The van der Waals surface area contributed by atoms with Crippen molar-refractivity contribution in [1.82, 2.24) is 4.98 Å². The Morgan fingerprint density at radius 3 is 1.93 bits per heavy atom. The van der Waals surface area contributed by atoms with Crippen molar-refractivity contribution in [3.63, 3.8) is 0 Å². The molecule has 138 valence electrons. The molecule has 0 bridgehead atoms. The zero-order chi connectivity index (χ0) is 19.4. The van der Waals surface area contributed by atoms with E-state index in [1.807, 2.05) is 30.3 Å². The van der Waals surface area contributed by atoms with Crippen LogP contribution in [0.25, 0.3) is 11.3 Å². The number of pyridine rings is 1. The number of aliphatic imine (C=N–C) groups is 1. The van der Waals surface area contributed by atoms with E-state index in [0.717, 1.165) is 28.4 Å². The van der Waals surface area contributed by atoms with Crippen LogP contribution in [0.4, 0.5) is 5.69 Å². The quantitative estimate of drug-likeness (QED) is 0.446. The molecular formula is C25H28N2. The molecule has 0 aliphatic heterocycles. The highest BCUT2D eigenvalue weighted by atomic mass is 14.8. The van der Waals surface area contributed by atoms with Crippen LogP contribution >= 0.6 is 0 Å². The topological polar surface area (TPSA) is 25.2 Å². The van der Waals surface area contributed by atoms with E-state index in [1.54, 1.807) is 0 Å². The summed E-state index contributed by atoms with van der Waals surface area (Å²) in [4.78, 5) is 9.92. The van der Waals surface area contributed by atoms with Gasteiger partial charge in [-0.25, -0.2) is 4.98 Å². The molecule has 0 radical (unpaired) electrons. The van der Waals surface area contributed by atoms with Gasteiger partial charge in [0.1, 0.15) is 0 Å². The van der Waals surface area contributed by atoms with Gasteiger partial charge in [0, 0.05) is 5.56 Å². The van der Waals surface area contributed by atoms with Crippen LogP contribution in [-0.2, 0) is 0 Å². The lowest BCUT2D eigenvalue weighted by molar-refractivity contribution is 0.834. The fourth-order valence-electron chi connectivity index (χ4n) is 3.27. The number of benzene rings is 2. The molecule has 1 aromatic heterocycles. The normalized spacial score (nSPS) is 12.0. The van der Waals surface area contributed by atoms with Crippen LogP contribution in [0.1, 0.15) is 63.3 Å². The van der Waals surface area contributed by atoms with Crippen molar-refractivity contribution in [2.24, 2.45) is 4.99 Å². The third-order valence-electron chi connectivity index (χ3n) is 4.81. The Morgan fingerprint density at radius 2 is 1.33 bits per heavy atom. The summed E-state index contributed by atoms with van der Waals surface area (Å²) in [6.07, 6.45) is 0. The molecular weight excluding hydrogens is 328 g/mol. The standard InChI is InChI=1S/C25H28N2/c1-17(2)21-13-9-14-22(18(3)4)25(21)26-19(5)23-15-10-16-24(27-23)20-11-7-6-8-12-20/h6-18H,1-5H3. The maximum absolute atomic E-state index is 5.06. The van der Waals surface area contributed by atoms with Gasteiger partial charge in [-0.2, -0.15) is 0 Å². The maximum Gasteiger partial charge on any atom is 0.0849 e. The summed E-state index contributed by atoms with van der Waals surface area (Å²) in [5.41, 5.74) is 7.65. The predicted octanol–water partition coefficient (Wildman–Crippen LogP) is 7.14. The highest BCUT2D eigenvalue weighted by molar-refractivity contribution is 5.99. The van der Waals surface area contributed by atoms with Crippen LogP contribution in [-0.4, -0.2) is 10.7 Å². The van der Waals surface area contributed by atoms with Crippen LogP contribution in [0.5, 0.6) is 0 Å². The van der Waals surface area contributed by atoms with E-state index in [1.165, 1.54) is 11.1 Å². The van der Waals surface area contributed by atoms with Gasteiger partial charge in [0.2, 0.25) is 0 Å². The fourth-order valence-corrected chi connectivity index (χ4v) is 3.27. The maximum atomic E-state index is 5.06. The van der Waals surface area contributed by atoms with Gasteiger partial charge >= 0.3 is 0 Å². The third kappa shape index (κ3) is 4.33. The van der Waals surface area contributed by atoms with Crippen LogP contribution in [0.15, 0.2) is 71.7 Å². The van der Waals surface area contributed by atoms with Crippen LogP contribution in [0.2, 0.25) is 0 Å². The molecule has 3 rings (SSSR count). The summed E-state index contributed by atoms with van der Waals surface area (Å²) in [6, 6.07) is 23.0. The van der Waals surface area contributed by atoms with Crippen molar-refractivity contribution in [2.45, 2.75) is 46.5 Å². The summed E-state index contributed by atoms with van der Waals surface area (Å²) in [5, 5.41) is 0. The van der Waals surface area contributed by atoms with Gasteiger partial charge in [0.05, 0.1) is 22.8 Å². The Balaban J connectivity index is 2.07. The molecule has 0 amide bonds. The molecule has 0 unspecified atom stereocenters. The lowest BCUT2D eigenvalue weighted by Gasteiger charge is -2.17. The smallest absolute Gasteiger partial charge is 0.0849 e. The van der Waals surface area contributed by atoms with E-state index in [9.17, 15) is 0 Å². The third-order valence-corrected chi connectivity index (χ3v) is 4.81. The van der Waals surface area contributed by atoms with Gasteiger partial charge in [0.15, 0.2) is 0 Å². The molecule has 27 heavy (non-hydrogen) atoms. The number of hydrogen-bond acceptors (Lipinski definition) is 2. The molecule has 0 fully saturated rings. The summed E-state index contributed by atoms with van der Waals surface area (Å²) in [7, 11) is 0. The van der Waals surface area contributed by atoms with Gasteiger partial charge in [-0.1, -0.05) is 82.3 Å². The monoisotopic (exact) mass is 356 g/mol. The van der Waals surface area contributed by atoms with E-state index < -0.39 is 0 Å². The minimum absolute atomic E-state index is 0.430. The highest BCUT2D eigenvalue weighted by Crippen LogP contribution is 2.35. The van der Waals surface area contributed by atoms with Gasteiger partial charge in [0.25, 0.3) is 0 Å². The predicted molar refractivity (Wildman–Crippen MR) is 116 cm³/mol. The molecule has 0 saturated carbocycles. The van der Waals surface area contributed by atoms with Crippen molar-refractivity contribution in [2.75, 3.05) is 0 Å². The molecule has 3 aromatic rings. The van der Waals surface area contributed by atoms with Crippen molar-refractivity contribution < 1.29 is 0 Å². The molecule has 0 N–H and O–H groups in total. The summed E-state index contributed by atoms with van der Waals surface area (Å²) in [6.45, 7) is 11.0. The summed E-state index contributed by atoms with van der Waals surface area (Å²) in [5.74, 6) is 0.859. The van der Waals surface area contributed by atoms with Gasteiger partial charge in [-0.15, -0.1) is 0 Å². The molecule has 2 nitrogen and oxygen atoms in total. The zero-order valence-electron chi connectivity index (χ0n) is 16.9. The van der Waals surface area contributed by atoms with E-state index in [4.69, 9.17) is 9.98 Å². The second kappa shape index (κ2) is 8.30. The average molecular weight is 357 g/mol. The molecule has 0 atom stereocenters. The first-order valence-corrected chi connectivity index (χ1v) is 9.68. The molecule has 1 heterocycles. The Morgan fingerprint density at radius 1 is 0.741 bits per heavy atom. The van der Waals surface area contributed by atoms with Crippen LogP contribution in [0.3, 0.4) is 0 Å². The van der Waals surface area contributed by atoms with Crippen molar-refractivity contribution in [3.05, 3.63) is 83.6 Å². The zero-order valence-corrected chi connectivity index (χ0v) is 16.9. The van der Waals surface area contributed by atoms with Crippen molar-refractivity contribution in [3.8, 4) is 11.3 Å². The van der Waals surface area contributed by atoms with Crippen molar-refractivity contribution >= 4 is 11.4 Å². The van der Waals surface area contributed by atoms with E-state index in [0.29, 0.717) is 11.8 Å². The van der Waals surface area contributed by atoms with E-state index >= 15 is 0 Å². The Bertz CT molecular complexity index is 911. The van der Waals surface area contributed by atoms with Gasteiger partial charge in [-0.3, -0.25) is 4.99 Å². The Hall–Kier alpha value is -2.74. The molecule has 2 heteroatoms. The van der Waals surface area contributed by atoms with Crippen LogP contribution in [0, 0.1) is 0 Å². The van der Waals surface area contributed by atoms with Crippen molar-refractivity contribution in [1.29, 1.82) is 0 Å². The molecule has 0 aliphatic carbocycles. The molecule has 0 saturated heterocycles. The minimum atomic E-state index is 0.430. The van der Waals surface area contributed by atoms with Gasteiger partial charge < -0.3 is 0 Å². The summed E-state index contributed by atoms with van der Waals surface area (Å²) < 4.78 is 0. The fraction of sp³-hybridized carbons (Fsp3) is 0.280. The number of aromatic nitrogens is 1. The lowest BCUT2D eigenvalue weighted by atomic mass is 9.93. The largest absolute Gasteiger partial charge is 0.251 e. The van der Waals surface area contributed by atoms with Crippen LogP contribution < -0.4 is 0 Å².